The molecule has 1 fully saturated rings. The number of anilines is 1. The zero-order valence-electron chi connectivity index (χ0n) is 19.6. The van der Waals surface area contributed by atoms with Crippen LogP contribution in [0.4, 0.5) is 5.82 Å². The molecule has 4 heterocycles. The number of methoxy groups -OCH3 is 1. The molecule has 2 aromatic heterocycles. The lowest BCUT2D eigenvalue weighted by molar-refractivity contribution is -0.137. The molecule has 2 aliphatic rings. The molecule has 2 aromatic rings. The van der Waals surface area contributed by atoms with Crippen LogP contribution in [0.5, 0.6) is 5.88 Å². The Labute approximate surface area is 196 Å². The first kappa shape index (κ1) is 23.5. The summed E-state index contributed by atoms with van der Waals surface area (Å²) in [5.41, 5.74) is 3.53. The summed E-state index contributed by atoms with van der Waals surface area (Å²) in [7, 11) is 1.58. The van der Waals surface area contributed by atoms with E-state index < -0.39 is 5.97 Å². The third kappa shape index (κ3) is 6.67. The Morgan fingerprint density at radius 2 is 2.24 bits per heavy atom. The molecule has 0 saturated carbocycles. The van der Waals surface area contributed by atoms with E-state index in [0.29, 0.717) is 5.88 Å². The van der Waals surface area contributed by atoms with Crippen molar-refractivity contribution in [3.8, 4) is 5.88 Å². The van der Waals surface area contributed by atoms with Crippen molar-refractivity contribution in [1.29, 1.82) is 0 Å². The Hall–Kier alpha value is -2.67. The Kier molecular flexibility index (Phi) is 8.15. The van der Waals surface area contributed by atoms with Gasteiger partial charge in [0.2, 0.25) is 5.88 Å². The second-order valence-corrected chi connectivity index (χ2v) is 9.41. The van der Waals surface area contributed by atoms with Crippen molar-refractivity contribution < 1.29 is 14.6 Å². The summed E-state index contributed by atoms with van der Waals surface area (Å²) in [5.74, 6) is 1.59. The quantitative estimate of drug-likeness (QED) is 0.530. The number of rotatable bonds is 11. The Bertz CT molecular complexity index is 918. The second kappa shape index (κ2) is 11.5. The van der Waals surface area contributed by atoms with Gasteiger partial charge in [-0.15, -0.1) is 0 Å². The molecule has 4 rings (SSSR count). The third-order valence-corrected chi connectivity index (χ3v) is 7.02. The lowest BCUT2D eigenvalue weighted by Gasteiger charge is -2.19. The number of pyridine rings is 2. The molecular formula is C26H36N4O3. The summed E-state index contributed by atoms with van der Waals surface area (Å²) < 4.78 is 5.12. The van der Waals surface area contributed by atoms with E-state index in [-0.39, 0.29) is 12.3 Å². The number of aromatic nitrogens is 2. The van der Waals surface area contributed by atoms with Crippen LogP contribution in [0.25, 0.3) is 0 Å². The number of carbonyl (C=O) groups is 1. The highest BCUT2D eigenvalue weighted by Crippen LogP contribution is 2.28. The molecule has 2 aliphatic heterocycles. The van der Waals surface area contributed by atoms with Gasteiger partial charge in [-0.3, -0.25) is 4.79 Å². The molecule has 178 valence electrons. The smallest absolute Gasteiger partial charge is 0.303 e. The van der Waals surface area contributed by atoms with Crippen LogP contribution in [0.2, 0.25) is 0 Å². The van der Waals surface area contributed by atoms with Crippen LogP contribution in [0.15, 0.2) is 30.5 Å². The molecule has 0 aromatic carbocycles. The van der Waals surface area contributed by atoms with Gasteiger partial charge in [-0.25, -0.2) is 9.97 Å². The first-order chi connectivity index (χ1) is 16.1. The van der Waals surface area contributed by atoms with Crippen molar-refractivity contribution in [2.45, 2.75) is 57.3 Å². The molecule has 0 radical (unpaired) electrons. The molecular weight excluding hydrogens is 416 g/mol. The molecule has 33 heavy (non-hydrogen) atoms. The van der Waals surface area contributed by atoms with E-state index in [1.54, 1.807) is 13.3 Å². The minimum atomic E-state index is -0.761. The summed E-state index contributed by atoms with van der Waals surface area (Å²) in [6.07, 6.45) is 9.53. The molecule has 0 bridgehead atoms. The van der Waals surface area contributed by atoms with E-state index >= 15 is 0 Å². The largest absolute Gasteiger partial charge is 0.481 e. The number of carboxylic acid groups (broad SMARTS) is 1. The number of ether oxygens (including phenoxy) is 1. The molecule has 0 aliphatic carbocycles. The van der Waals surface area contributed by atoms with Gasteiger partial charge in [-0.1, -0.05) is 12.1 Å². The number of nitrogens with zero attached hydrogens (tertiary/aromatic N) is 3. The molecule has 7 heteroatoms. The number of likely N-dealkylation sites (tertiary alicyclic amines) is 1. The number of fused-ring (bicyclic) bond motifs is 1. The van der Waals surface area contributed by atoms with E-state index in [9.17, 15) is 9.90 Å². The highest BCUT2D eigenvalue weighted by Gasteiger charge is 2.23. The van der Waals surface area contributed by atoms with Crippen LogP contribution in [0.3, 0.4) is 0 Å². The van der Waals surface area contributed by atoms with Crippen molar-refractivity contribution in [2.24, 2.45) is 5.92 Å². The Morgan fingerprint density at radius 1 is 1.33 bits per heavy atom. The summed E-state index contributed by atoms with van der Waals surface area (Å²) >= 11 is 0. The highest BCUT2D eigenvalue weighted by molar-refractivity contribution is 5.68. The summed E-state index contributed by atoms with van der Waals surface area (Å²) in [5, 5.41) is 12.8. The van der Waals surface area contributed by atoms with Gasteiger partial charge in [0.15, 0.2) is 0 Å². The SMILES string of the molecule is COc1ccc(C(CCCN2CCC(CCc3ccc4c(n3)NCCC4)C2)CC(=O)O)cn1. The van der Waals surface area contributed by atoms with E-state index in [0.717, 1.165) is 69.2 Å². The molecule has 1 saturated heterocycles. The fourth-order valence-electron chi connectivity index (χ4n) is 5.12. The number of aryl methyl sites for hydroxylation is 2. The average Bonchev–Trinajstić information content (AvgIpc) is 3.29. The summed E-state index contributed by atoms with van der Waals surface area (Å²) in [6, 6.07) is 8.20. The normalized spacial score (nSPS) is 19.0. The van der Waals surface area contributed by atoms with Gasteiger partial charge < -0.3 is 20.1 Å². The first-order valence-corrected chi connectivity index (χ1v) is 12.3. The first-order valence-electron chi connectivity index (χ1n) is 12.3. The average molecular weight is 453 g/mol. The zero-order valence-corrected chi connectivity index (χ0v) is 19.6. The zero-order chi connectivity index (χ0) is 23.0. The van der Waals surface area contributed by atoms with E-state index in [1.807, 2.05) is 12.1 Å². The van der Waals surface area contributed by atoms with Crippen LogP contribution in [-0.2, 0) is 17.6 Å². The van der Waals surface area contributed by atoms with E-state index in [1.165, 1.54) is 30.5 Å². The molecule has 2 N–H and O–H groups in total. The highest BCUT2D eigenvalue weighted by atomic mass is 16.5. The van der Waals surface area contributed by atoms with E-state index in [4.69, 9.17) is 9.72 Å². The van der Waals surface area contributed by atoms with Crippen LogP contribution in [0.1, 0.15) is 61.3 Å². The Balaban J connectivity index is 1.21. The molecule has 0 amide bonds. The third-order valence-electron chi connectivity index (χ3n) is 7.02. The topological polar surface area (TPSA) is 87.6 Å². The Morgan fingerprint density at radius 3 is 3.03 bits per heavy atom. The number of hydrogen-bond donors (Lipinski definition) is 2. The van der Waals surface area contributed by atoms with Gasteiger partial charge in [0.1, 0.15) is 5.82 Å². The molecule has 7 nitrogen and oxygen atoms in total. The standard InChI is InChI=1S/C26H36N4O3/c1-33-24-11-8-22(17-28-24)21(16-25(31)32)5-3-14-30-15-12-19(18-30)6-9-23-10-7-20-4-2-13-27-26(20)29-23/h7-8,10-11,17,19,21H,2-6,9,12-16,18H2,1H3,(H,27,29)(H,31,32). The van der Waals surface area contributed by atoms with Crippen molar-refractivity contribution in [3.05, 3.63) is 47.3 Å². The second-order valence-electron chi connectivity index (χ2n) is 9.41. The van der Waals surface area contributed by atoms with Crippen LogP contribution in [-0.4, -0.2) is 59.2 Å². The summed E-state index contributed by atoms with van der Waals surface area (Å²) in [6.45, 7) is 4.33. The maximum Gasteiger partial charge on any atom is 0.303 e. The van der Waals surface area contributed by atoms with E-state index in [2.05, 4.69) is 27.3 Å². The minimum Gasteiger partial charge on any atom is -0.481 e. The van der Waals surface area contributed by atoms with Gasteiger partial charge in [-0.2, -0.15) is 0 Å². The van der Waals surface area contributed by atoms with Crippen molar-refractivity contribution in [1.82, 2.24) is 14.9 Å². The van der Waals surface area contributed by atoms with Gasteiger partial charge >= 0.3 is 5.97 Å². The monoisotopic (exact) mass is 452 g/mol. The lowest BCUT2D eigenvalue weighted by Crippen LogP contribution is -2.22. The number of nitrogens with one attached hydrogen (secondary N) is 1. The number of aliphatic carboxylic acids is 1. The predicted molar refractivity (Wildman–Crippen MR) is 129 cm³/mol. The summed E-state index contributed by atoms with van der Waals surface area (Å²) in [4.78, 5) is 23.0. The van der Waals surface area contributed by atoms with Crippen molar-refractivity contribution >= 4 is 11.8 Å². The van der Waals surface area contributed by atoms with Gasteiger partial charge in [0.25, 0.3) is 0 Å². The molecule has 2 atom stereocenters. The fourth-order valence-corrected chi connectivity index (χ4v) is 5.12. The van der Waals surface area contributed by atoms with Crippen LogP contribution < -0.4 is 10.1 Å². The minimum absolute atomic E-state index is 0.0111. The molecule has 0 spiro atoms. The van der Waals surface area contributed by atoms with Gasteiger partial charge in [0.05, 0.1) is 13.5 Å². The molecule has 2 unspecified atom stereocenters. The number of hydrogen-bond acceptors (Lipinski definition) is 6. The lowest BCUT2D eigenvalue weighted by atomic mass is 9.92. The van der Waals surface area contributed by atoms with Crippen LogP contribution in [0, 0.1) is 5.92 Å². The predicted octanol–water partition coefficient (Wildman–Crippen LogP) is 4.14. The van der Waals surface area contributed by atoms with Crippen molar-refractivity contribution in [2.75, 3.05) is 38.6 Å². The maximum atomic E-state index is 11.4. The van der Waals surface area contributed by atoms with Crippen molar-refractivity contribution in [3.63, 3.8) is 0 Å². The van der Waals surface area contributed by atoms with Gasteiger partial charge in [-0.05, 0) is 87.1 Å². The van der Waals surface area contributed by atoms with Crippen LogP contribution >= 0.6 is 0 Å². The fraction of sp³-hybridized carbons (Fsp3) is 0.577. The maximum absolute atomic E-state index is 11.4. The number of carboxylic acids is 1. The van der Waals surface area contributed by atoms with Gasteiger partial charge in [0, 0.05) is 31.0 Å².